The fraction of sp³-hybridized carbons (Fsp3) is 0.455. The third-order valence-corrected chi connectivity index (χ3v) is 7.01. The molecule has 2 amide bonds. The summed E-state index contributed by atoms with van der Waals surface area (Å²) in [7, 11) is -3.53. The first-order chi connectivity index (χ1) is 14.8. The first-order valence-electron chi connectivity index (χ1n) is 10.5. The Bertz CT molecular complexity index is 963. The maximum Gasteiger partial charge on any atom is 0.240 e. The highest BCUT2D eigenvalue weighted by molar-refractivity contribution is 7.89. The SMILES string of the molecule is Cc1ccc(S(=O)(=O)NCC2CCC(C(=O)NCC(=O)NCc3ccco3)CC2)cc1. The molecule has 0 saturated heterocycles. The quantitative estimate of drug-likeness (QED) is 0.544. The van der Waals surface area contributed by atoms with E-state index in [1.807, 2.05) is 6.92 Å². The summed E-state index contributed by atoms with van der Waals surface area (Å²) in [5, 5.41) is 5.37. The molecular formula is C22H29N3O5S. The lowest BCUT2D eigenvalue weighted by Gasteiger charge is -2.27. The molecule has 0 radical (unpaired) electrons. The average molecular weight is 448 g/mol. The molecule has 168 valence electrons. The lowest BCUT2D eigenvalue weighted by molar-refractivity contribution is -0.129. The number of carbonyl (C=O) groups excluding carboxylic acids is 2. The van der Waals surface area contributed by atoms with E-state index < -0.39 is 10.0 Å². The van der Waals surface area contributed by atoms with Crippen molar-refractivity contribution in [3.8, 4) is 0 Å². The van der Waals surface area contributed by atoms with Gasteiger partial charge in [-0.15, -0.1) is 0 Å². The number of carbonyl (C=O) groups is 2. The van der Waals surface area contributed by atoms with E-state index >= 15 is 0 Å². The van der Waals surface area contributed by atoms with Gasteiger partial charge < -0.3 is 15.1 Å². The van der Waals surface area contributed by atoms with Crippen molar-refractivity contribution in [3.05, 3.63) is 54.0 Å². The minimum atomic E-state index is -3.53. The van der Waals surface area contributed by atoms with Gasteiger partial charge in [-0.2, -0.15) is 0 Å². The molecular weight excluding hydrogens is 418 g/mol. The highest BCUT2D eigenvalue weighted by atomic mass is 32.2. The second kappa shape index (κ2) is 10.6. The summed E-state index contributed by atoms with van der Waals surface area (Å²) in [5.41, 5.74) is 1.01. The number of hydrogen-bond acceptors (Lipinski definition) is 5. The third kappa shape index (κ3) is 6.93. The van der Waals surface area contributed by atoms with E-state index in [-0.39, 0.29) is 41.6 Å². The van der Waals surface area contributed by atoms with Crippen molar-refractivity contribution < 1.29 is 22.4 Å². The molecule has 2 aromatic rings. The molecule has 0 spiro atoms. The second-order valence-corrected chi connectivity index (χ2v) is 9.72. The van der Waals surface area contributed by atoms with Crippen LogP contribution in [0.5, 0.6) is 0 Å². The molecule has 0 bridgehead atoms. The Balaban J connectivity index is 1.35. The molecule has 1 aromatic heterocycles. The Morgan fingerprint density at radius 2 is 1.74 bits per heavy atom. The zero-order valence-electron chi connectivity index (χ0n) is 17.6. The second-order valence-electron chi connectivity index (χ2n) is 7.96. The largest absolute Gasteiger partial charge is 0.467 e. The van der Waals surface area contributed by atoms with Crippen LogP contribution in [0.25, 0.3) is 0 Å². The number of benzene rings is 1. The van der Waals surface area contributed by atoms with Crippen molar-refractivity contribution in [2.45, 2.75) is 44.0 Å². The molecule has 1 aromatic carbocycles. The molecule has 1 fully saturated rings. The standard InChI is InChI=1S/C22H29N3O5S/c1-16-4-10-20(11-5-16)31(28,29)25-13-17-6-8-18(9-7-17)22(27)24-15-21(26)23-14-19-3-2-12-30-19/h2-5,10-12,17-18,25H,6-9,13-15H2,1H3,(H,23,26)(H,24,27). The number of aryl methyl sites for hydroxylation is 1. The average Bonchev–Trinajstić information content (AvgIpc) is 3.29. The summed E-state index contributed by atoms with van der Waals surface area (Å²) in [6.45, 7) is 2.48. The molecule has 9 heteroatoms. The van der Waals surface area contributed by atoms with Gasteiger partial charge in [-0.3, -0.25) is 9.59 Å². The van der Waals surface area contributed by atoms with E-state index in [0.717, 1.165) is 18.4 Å². The van der Waals surface area contributed by atoms with Crippen LogP contribution in [-0.2, 0) is 26.2 Å². The summed E-state index contributed by atoms with van der Waals surface area (Å²) in [5.74, 6) is 0.287. The molecule has 1 aliphatic carbocycles. The highest BCUT2D eigenvalue weighted by Gasteiger charge is 2.27. The summed E-state index contributed by atoms with van der Waals surface area (Å²) < 4.78 is 32.7. The molecule has 31 heavy (non-hydrogen) atoms. The molecule has 0 atom stereocenters. The van der Waals surface area contributed by atoms with Crippen LogP contribution in [0.3, 0.4) is 0 Å². The zero-order valence-corrected chi connectivity index (χ0v) is 18.4. The molecule has 1 saturated carbocycles. The lowest BCUT2D eigenvalue weighted by Crippen LogP contribution is -2.41. The predicted molar refractivity (Wildman–Crippen MR) is 115 cm³/mol. The van der Waals surface area contributed by atoms with Crippen LogP contribution in [0.4, 0.5) is 0 Å². The Kier molecular flexibility index (Phi) is 7.86. The summed E-state index contributed by atoms with van der Waals surface area (Å²) in [4.78, 5) is 24.5. The summed E-state index contributed by atoms with van der Waals surface area (Å²) >= 11 is 0. The third-order valence-electron chi connectivity index (χ3n) is 5.57. The van der Waals surface area contributed by atoms with Crippen molar-refractivity contribution in [2.75, 3.05) is 13.1 Å². The fourth-order valence-corrected chi connectivity index (χ4v) is 4.75. The summed E-state index contributed by atoms with van der Waals surface area (Å²) in [6.07, 6.45) is 4.42. The van der Waals surface area contributed by atoms with Gasteiger partial charge in [-0.1, -0.05) is 17.7 Å². The maximum atomic E-state index is 12.4. The van der Waals surface area contributed by atoms with Crippen LogP contribution < -0.4 is 15.4 Å². The molecule has 1 aliphatic rings. The minimum Gasteiger partial charge on any atom is -0.467 e. The Hall–Kier alpha value is -2.65. The zero-order chi connectivity index (χ0) is 22.3. The van der Waals surface area contributed by atoms with Crippen LogP contribution in [0.2, 0.25) is 0 Å². The van der Waals surface area contributed by atoms with E-state index in [2.05, 4.69) is 15.4 Å². The van der Waals surface area contributed by atoms with Crippen molar-refractivity contribution >= 4 is 21.8 Å². The van der Waals surface area contributed by atoms with Gasteiger partial charge in [0.05, 0.1) is 24.2 Å². The number of nitrogens with one attached hydrogen (secondary N) is 3. The maximum absolute atomic E-state index is 12.4. The van der Waals surface area contributed by atoms with E-state index in [1.54, 1.807) is 36.4 Å². The predicted octanol–water partition coefficient (Wildman–Crippen LogP) is 2.11. The monoisotopic (exact) mass is 447 g/mol. The fourth-order valence-electron chi connectivity index (χ4n) is 3.63. The van der Waals surface area contributed by atoms with Gasteiger partial charge >= 0.3 is 0 Å². The van der Waals surface area contributed by atoms with Crippen molar-refractivity contribution in [3.63, 3.8) is 0 Å². The van der Waals surface area contributed by atoms with Crippen molar-refractivity contribution in [2.24, 2.45) is 11.8 Å². The van der Waals surface area contributed by atoms with Crippen LogP contribution in [0.1, 0.15) is 37.0 Å². The molecule has 0 aliphatic heterocycles. The normalized spacial score (nSPS) is 19.0. The van der Waals surface area contributed by atoms with Crippen LogP contribution in [0, 0.1) is 18.8 Å². The Morgan fingerprint density at radius 3 is 2.39 bits per heavy atom. The van der Waals surface area contributed by atoms with Crippen LogP contribution in [0.15, 0.2) is 52.0 Å². The Labute approximate surface area is 182 Å². The van der Waals surface area contributed by atoms with Crippen molar-refractivity contribution in [1.82, 2.24) is 15.4 Å². The molecule has 1 heterocycles. The van der Waals surface area contributed by atoms with E-state index in [1.165, 1.54) is 6.26 Å². The number of furan rings is 1. The molecule has 0 unspecified atom stereocenters. The lowest BCUT2D eigenvalue weighted by atomic mass is 9.81. The number of hydrogen-bond donors (Lipinski definition) is 3. The van der Waals surface area contributed by atoms with Gasteiger partial charge in [0.25, 0.3) is 0 Å². The van der Waals surface area contributed by atoms with Gasteiger partial charge in [-0.05, 0) is 62.8 Å². The van der Waals surface area contributed by atoms with E-state index in [0.29, 0.717) is 25.1 Å². The van der Waals surface area contributed by atoms with Gasteiger partial charge in [0.15, 0.2) is 0 Å². The van der Waals surface area contributed by atoms with Crippen molar-refractivity contribution in [1.29, 1.82) is 0 Å². The first kappa shape index (κ1) is 23.0. The van der Waals surface area contributed by atoms with Crippen LogP contribution >= 0.6 is 0 Å². The van der Waals surface area contributed by atoms with E-state index in [9.17, 15) is 18.0 Å². The number of sulfonamides is 1. The number of amides is 2. The number of rotatable bonds is 9. The van der Waals surface area contributed by atoms with E-state index in [4.69, 9.17) is 4.42 Å². The minimum absolute atomic E-state index is 0.0736. The molecule has 3 N–H and O–H groups in total. The van der Waals surface area contributed by atoms with Crippen LogP contribution in [-0.4, -0.2) is 33.3 Å². The Morgan fingerprint density at radius 1 is 1.03 bits per heavy atom. The topological polar surface area (TPSA) is 118 Å². The molecule has 3 rings (SSSR count). The van der Waals surface area contributed by atoms with Gasteiger partial charge in [0, 0.05) is 12.5 Å². The van der Waals surface area contributed by atoms with Gasteiger partial charge in [-0.25, -0.2) is 13.1 Å². The highest BCUT2D eigenvalue weighted by Crippen LogP contribution is 2.28. The summed E-state index contributed by atoms with van der Waals surface area (Å²) in [6, 6.07) is 10.3. The first-order valence-corrected chi connectivity index (χ1v) is 11.9. The van der Waals surface area contributed by atoms with Gasteiger partial charge in [0.1, 0.15) is 5.76 Å². The molecule has 8 nitrogen and oxygen atoms in total. The smallest absolute Gasteiger partial charge is 0.240 e. The van der Waals surface area contributed by atoms with Gasteiger partial charge in [0.2, 0.25) is 21.8 Å².